The van der Waals surface area contributed by atoms with Gasteiger partial charge in [0, 0.05) is 15.5 Å². The molecule has 0 bridgehead atoms. The Bertz CT molecular complexity index is 579. The molecule has 0 fully saturated rings. The minimum Gasteiger partial charge on any atom is -0.338 e. The van der Waals surface area contributed by atoms with Crippen LogP contribution in [0.15, 0.2) is 29.6 Å². The van der Waals surface area contributed by atoms with Crippen LogP contribution in [0.2, 0.25) is 0 Å². The Kier molecular flexibility index (Phi) is 3.46. The average Bonchev–Trinajstić information content (AvgIpc) is 2.79. The lowest BCUT2D eigenvalue weighted by atomic mass is 10.1. The summed E-state index contributed by atoms with van der Waals surface area (Å²) in [5, 5.41) is 5.71. The third-order valence-corrected chi connectivity index (χ3v) is 3.60. The first kappa shape index (κ1) is 11.7. The number of carbonyl (C=O) groups excluding carboxylic acids is 1. The lowest BCUT2D eigenvalue weighted by Crippen LogP contribution is -2.32. The highest BCUT2D eigenvalue weighted by molar-refractivity contribution is 7.17. The van der Waals surface area contributed by atoms with Gasteiger partial charge in [0.1, 0.15) is 0 Å². The van der Waals surface area contributed by atoms with Gasteiger partial charge >= 0.3 is 0 Å². The zero-order valence-electron chi connectivity index (χ0n) is 9.57. The molecule has 0 aliphatic heterocycles. The highest BCUT2D eigenvalue weighted by Crippen LogP contribution is 2.25. The summed E-state index contributed by atoms with van der Waals surface area (Å²) >= 11 is 1.57. The molecular formula is C14H13NOS. The maximum absolute atomic E-state index is 12.0. The van der Waals surface area contributed by atoms with Crippen molar-refractivity contribution < 1.29 is 4.79 Å². The summed E-state index contributed by atoms with van der Waals surface area (Å²) in [6.45, 7) is 1.95. The summed E-state index contributed by atoms with van der Waals surface area (Å²) < 4.78 is 1.12. The molecule has 0 radical (unpaired) electrons. The van der Waals surface area contributed by atoms with Gasteiger partial charge in [0.15, 0.2) is 0 Å². The van der Waals surface area contributed by atoms with Crippen molar-refractivity contribution >= 4 is 27.3 Å². The molecule has 0 aliphatic carbocycles. The summed E-state index contributed by atoms with van der Waals surface area (Å²) in [6.07, 6.45) is 6.08. The van der Waals surface area contributed by atoms with Crippen LogP contribution in [0.3, 0.4) is 0 Å². The number of rotatable bonds is 3. The van der Waals surface area contributed by atoms with Crippen molar-refractivity contribution in [2.24, 2.45) is 0 Å². The fourth-order valence-corrected chi connectivity index (χ4v) is 2.59. The Morgan fingerprint density at radius 3 is 3.00 bits per heavy atom. The first-order valence-electron chi connectivity index (χ1n) is 5.49. The summed E-state index contributed by atoms with van der Waals surface area (Å²) in [5.41, 5.74) is 0.708. The number of thiophene rings is 1. The van der Waals surface area contributed by atoms with E-state index in [1.165, 1.54) is 0 Å². The highest BCUT2D eigenvalue weighted by Gasteiger charge is 2.14. The van der Waals surface area contributed by atoms with Gasteiger partial charge in [-0.1, -0.05) is 31.0 Å². The molecule has 2 aromatic rings. The average molecular weight is 243 g/mol. The molecule has 1 aromatic heterocycles. The van der Waals surface area contributed by atoms with Gasteiger partial charge in [-0.15, -0.1) is 17.8 Å². The molecule has 17 heavy (non-hydrogen) atoms. The van der Waals surface area contributed by atoms with Crippen LogP contribution in [0.1, 0.15) is 23.7 Å². The fraction of sp³-hybridized carbons (Fsp3) is 0.214. The summed E-state index contributed by atoms with van der Waals surface area (Å²) in [4.78, 5) is 12.0. The molecule has 0 aliphatic rings. The van der Waals surface area contributed by atoms with Gasteiger partial charge in [-0.3, -0.25) is 4.79 Å². The van der Waals surface area contributed by atoms with Gasteiger partial charge in [0.2, 0.25) is 0 Å². The van der Waals surface area contributed by atoms with E-state index in [-0.39, 0.29) is 11.9 Å². The van der Waals surface area contributed by atoms with E-state index in [1.54, 1.807) is 11.3 Å². The molecule has 1 N–H and O–H groups in total. The van der Waals surface area contributed by atoms with Gasteiger partial charge in [-0.05, 0) is 12.5 Å². The lowest BCUT2D eigenvalue weighted by Gasteiger charge is -2.09. The second-order valence-corrected chi connectivity index (χ2v) is 4.66. The third kappa shape index (κ3) is 2.32. The van der Waals surface area contributed by atoms with Crippen LogP contribution in [0.4, 0.5) is 0 Å². The summed E-state index contributed by atoms with van der Waals surface area (Å²) in [7, 11) is 0. The van der Waals surface area contributed by atoms with Crippen LogP contribution >= 0.6 is 11.3 Å². The van der Waals surface area contributed by atoms with E-state index in [2.05, 4.69) is 11.2 Å². The minimum atomic E-state index is -0.193. The number of amides is 1. The number of carbonyl (C=O) groups is 1. The number of hydrogen-bond donors (Lipinski definition) is 1. The van der Waals surface area contributed by atoms with Crippen LogP contribution in [0.5, 0.6) is 0 Å². The normalized spacial score (nSPS) is 12.0. The number of hydrogen-bond acceptors (Lipinski definition) is 2. The van der Waals surface area contributed by atoms with Gasteiger partial charge in [0.05, 0.1) is 11.6 Å². The monoisotopic (exact) mass is 243 g/mol. The molecular weight excluding hydrogens is 230 g/mol. The molecule has 3 heteroatoms. The molecule has 2 rings (SSSR count). The van der Waals surface area contributed by atoms with E-state index >= 15 is 0 Å². The van der Waals surface area contributed by atoms with E-state index in [0.29, 0.717) is 5.56 Å². The van der Waals surface area contributed by atoms with Gasteiger partial charge in [-0.25, -0.2) is 0 Å². The summed E-state index contributed by atoms with van der Waals surface area (Å²) in [6, 6.07) is 7.68. The van der Waals surface area contributed by atoms with E-state index in [9.17, 15) is 4.79 Å². The Labute approximate surface area is 105 Å². The van der Waals surface area contributed by atoms with E-state index in [4.69, 9.17) is 6.42 Å². The maximum Gasteiger partial charge on any atom is 0.253 e. The first-order chi connectivity index (χ1) is 8.26. The number of nitrogens with one attached hydrogen (secondary N) is 1. The van der Waals surface area contributed by atoms with Gasteiger partial charge in [0.25, 0.3) is 5.91 Å². The smallest absolute Gasteiger partial charge is 0.253 e. The molecule has 0 spiro atoms. The molecule has 1 aromatic carbocycles. The van der Waals surface area contributed by atoms with Crippen molar-refractivity contribution in [2.45, 2.75) is 19.4 Å². The van der Waals surface area contributed by atoms with E-state index in [1.807, 2.05) is 36.6 Å². The maximum atomic E-state index is 12.0. The zero-order valence-corrected chi connectivity index (χ0v) is 10.4. The highest BCUT2D eigenvalue weighted by atomic mass is 32.1. The SMILES string of the molecule is C#CC(CC)NC(=O)c1csc2ccccc12. The van der Waals surface area contributed by atoms with E-state index in [0.717, 1.165) is 16.5 Å². The summed E-state index contributed by atoms with van der Waals surface area (Å²) in [5.74, 6) is 2.47. The predicted octanol–water partition coefficient (Wildman–Crippen LogP) is 3.04. The van der Waals surface area contributed by atoms with Gasteiger partial charge < -0.3 is 5.32 Å². The quantitative estimate of drug-likeness (QED) is 0.825. The van der Waals surface area contributed by atoms with Crippen LogP contribution in [-0.2, 0) is 0 Å². The predicted molar refractivity (Wildman–Crippen MR) is 72.2 cm³/mol. The second kappa shape index (κ2) is 5.03. The standard InChI is InChI=1S/C14H13NOS/c1-3-10(4-2)15-14(16)12-9-17-13-8-6-5-7-11(12)13/h1,5-10H,4H2,2H3,(H,15,16). The van der Waals surface area contributed by atoms with Crippen LogP contribution < -0.4 is 5.32 Å². The Morgan fingerprint density at radius 1 is 1.53 bits per heavy atom. The Balaban J connectivity index is 2.28. The molecule has 1 heterocycles. The number of terminal acetylenes is 1. The Morgan fingerprint density at radius 2 is 2.29 bits per heavy atom. The lowest BCUT2D eigenvalue weighted by molar-refractivity contribution is 0.0947. The number of benzene rings is 1. The van der Waals surface area contributed by atoms with Crippen molar-refractivity contribution in [1.29, 1.82) is 0 Å². The van der Waals surface area contributed by atoms with Crippen molar-refractivity contribution in [3.8, 4) is 12.3 Å². The van der Waals surface area contributed by atoms with E-state index < -0.39 is 0 Å². The molecule has 0 saturated heterocycles. The second-order valence-electron chi connectivity index (χ2n) is 3.75. The van der Waals surface area contributed by atoms with Gasteiger partial charge in [-0.2, -0.15) is 0 Å². The minimum absolute atomic E-state index is 0.0905. The molecule has 0 saturated carbocycles. The largest absolute Gasteiger partial charge is 0.338 e. The third-order valence-electron chi connectivity index (χ3n) is 2.64. The van der Waals surface area contributed by atoms with Crippen molar-refractivity contribution in [2.75, 3.05) is 0 Å². The van der Waals surface area contributed by atoms with Crippen molar-refractivity contribution in [3.63, 3.8) is 0 Å². The fourth-order valence-electron chi connectivity index (χ4n) is 1.65. The number of fused-ring (bicyclic) bond motifs is 1. The van der Waals surface area contributed by atoms with Crippen molar-refractivity contribution in [1.82, 2.24) is 5.32 Å². The molecule has 1 atom stereocenters. The van der Waals surface area contributed by atoms with Crippen molar-refractivity contribution in [3.05, 3.63) is 35.2 Å². The van der Waals surface area contributed by atoms with Crippen LogP contribution in [-0.4, -0.2) is 11.9 Å². The molecule has 1 unspecified atom stereocenters. The van der Waals surface area contributed by atoms with Crippen LogP contribution in [0, 0.1) is 12.3 Å². The Hall–Kier alpha value is -1.79. The topological polar surface area (TPSA) is 29.1 Å². The molecule has 1 amide bonds. The van der Waals surface area contributed by atoms with Crippen LogP contribution in [0.25, 0.3) is 10.1 Å². The molecule has 2 nitrogen and oxygen atoms in total. The first-order valence-corrected chi connectivity index (χ1v) is 6.37. The zero-order chi connectivity index (χ0) is 12.3. The molecule has 86 valence electrons.